The highest BCUT2D eigenvalue weighted by molar-refractivity contribution is 6.74. The summed E-state index contributed by atoms with van der Waals surface area (Å²) >= 11 is 0. The van der Waals surface area contributed by atoms with Crippen molar-refractivity contribution in [1.29, 1.82) is 0 Å². The van der Waals surface area contributed by atoms with Gasteiger partial charge in [-0.3, -0.25) is 0 Å². The zero-order valence-electron chi connectivity index (χ0n) is 18.6. The molecular weight excluding hydrogens is 358 g/mol. The zero-order valence-corrected chi connectivity index (χ0v) is 20.6. The summed E-state index contributed by atoms with van der Waals surface area (Å²) in [4.78, 5) is 0. The third kappa shape index (κ3) is 6.42. The van der Waals surface area contributed by atoms with Crippen LogP contribution in [0.15, 0.2) is 23.3 Å². The fraction of sp³-hybridized carbons (Fsp3) is 0.800. The van der Waals surface area contributed by atoms with E-state index in [0.29, 0.717) is 19.6 Å². The molecule has 0 aliphatic heterocycles. The highest BCUT2D eigenvalue weighted by Gasteiger charge is 2.39. The van der Waals surface area contributed by atoms with Crippen LogP contribution in [-0.4, -0.2) is 40.7 Å². The molecule has 4 nitrogen and oxygen atoms in total. The summed E-state index contributed by atoms with van der Waals surface area (Å²) < 4.78 is 12.6. The Hall–Kier alpha value is -0.246. The molecule has 26 heavy (non-hydrogen) atoms. The summed E-state index contributed by atoms with van der Waals surface area (Å²) in [5.74, 6) is 0. The first-order chi connectivity index (χ1) is 11.4. The molecule has 0 aromatic carbocycles. The molecule has 0 fully saturated rings. The molecule has 0 aromatic rings. The molecule has 6 heteroatoms. The highest BCUT2D eigenvalue weighted by atomic mass is 28.4. The Morgan fingerprint density at radius 1 is 0.962 bits per heavy atom. The minimum absolute atomic E-state index is 0.152. The Kier molecular flexibility index (Phi) is 6.99. The van der Waals surface area contributed by atoms with Gasteiger partial charge in [0, 0.05) is 6.42 Å². The maximum atomic E-state index is 10.5. The van der Waals surface area contributed by atoms with E-state index < -0.39 is 22.4 Å². The van der Waals surface area contributed by atoms with Gasteiger partial charge in [0.2, 0.25) is 0 Å². The van der Waals surface area contributed by atoms with Crippen molar-refractivity contribution in [3.8, 4) is 0 Å². The van der Waals surface area contributed by atoms with Crippen molar-refractivity contribution < 1.29 is 14.0 Å². The third-order valence-electron chi connectivity index (χ3n) is 6.17. The summed E-state index contributed by atoms with van der Waals surface area (Å²) in [6, 6.07) is 0. The first-order valence-corrected chi connectivity index (χ1v) is 15.4. The van der Waals surface area contributed by atoms with Crippen LogP contribution < -0.4 is 5.73 Å². The van der Waals surface area contributed by atoms with Crippen LogP contribution in [0.1, 0.15) is 48.0 Å². The summed E-state index contributed by atoms with van der Waals surface area (Å²) in [7, 11) is -3.69. The van der Waals surface area contributed by atoms with Gasteiger partial charge in [0.15, 0.2) is 16.6 Å². The molecule has 152 valence electrons. The number of hydrogen-bond acceptors (Lipinski definition) is 4. The average molecular weight is 400 g/mol. The summed E-state index contributed by atoms with van der Waals surface area (Å²) in [5, 5.41) is 10.8. The van der Waals surface area contributed by atoms with E-state index in [2.05, 4.69) is 73.8 Å². The van der Waals surface area contributed by atoms with Crippen molar-refractivity contribution in [2.45, 2.75) is 90.0 Å². The Morgan fingerprint density at radius 3 is 1.81 bits per heavy atom. The molecular formula is C20H41NO3Si2. The molecule has 1 aliphatic rings. The lowest BCUT2D eigenvalue weighted by atomic mass is 9.94. The summed E-state index contributed by atoms with van der Waals surface area (Å²) in [5.41, 5.74) is 6.71. The molecule has 1 rings (SSSR count). The Balaban J connectivity index is 2.86. The smallest absolute Gasteiger partial charge is 0.192 e. The lowest BCUT2D eigenvalue weighted by Gasteiger charge is -2.38. The lowest BCUT2D eigenvalue weighted by molar-refractivity contribution is 0.0918. The molecule has 0 amide bonds. The van der Waals surface area contributed by atoms with Gasteiger partial charge in [-0.1, -0.05) is 47.6 Å². The number of nitrogens with two attached hydrogens (primary N) is 1. The molecule has 1 aliphatic carbocycles. The number of hydrogen-bond donors (Lipinski definition) is 2. The Morgan fingerprint density at radius 2 is 1.38 bits per heavy atom. The van der Waals surface area contributed by atoms with Gasteiger partial charge in [0.25, 0.3) is 0 Å². The number of rotatable bonds is 6. The van der Waals surface area contributed by atoms with Gasteiger partial charge < -0.3 is 19.7 Å². The predicted octanol–water partition coefficient (Wildman–Crippen LogP) is 4.93. The fourth-order valence-corrected chi connectivity index (χ4v) is 4.18. The van der Waals surface area contributed by atoms with E-state index in [0.717, 1.165) is 11.1 Å². The molecule has 0 saturated heterocycles. The average Bonchev–Trinajstić information content (AvgIpc) is 2.39. The predicted molar refractivity (Wildman–Crippen MR) is 116 cm³/mol. The molecule has 0 saturated carbocycles. The van der Waals surface area contributed by atoms with Gasteiger partial charge in [-0.05, 0) is 53.5 Å². The maximum Gasteiger partial charge on any atom is 0.192 e. The monoisotopic (exact) mass is 399 g/mol. The second-order valence-electron chi connectivity index (χ2n) is 10.8. The molecule has 0 heterocycles. The largest absolute Gasteiger partial charge is 0.413 e. The van der Waals surface area contributed by atoms with Crippen LogP contribution in [0.4, 0.5) is 0 Å². The van der Waals surface area contributed by atoms with Crippen molar-refractivity contribution in [1.82, 2.24) is 0 Å². The van der Waals surface area contributed by atoms with E-state index in [4.69, 9.17) is 14.6 Å². The van der Waals surface area contributed by atoms with E-state index >= 15 is 0 Å². The first kappa shape index (κ1) is 23.8. The standard InChI is InChI=1S/C20H41NO3Si2/c1-18(2,3)25(7,8)23-14-16-11-17(13-20(21,22)12-16)15-24-26(9,10)19(4,5)6/h11-12,22H,13-15,21H2,1-10H3. The molecule has 0 bridgehead atoms. The van der Waals surface area contributed by atoms with Crippen molar-refractivity contribution in [2.24, 2.45) is 5.73 Å². The van der Waals surface area contributed by atoms with Crippen LogP contribution in [0.5, 0.6) is 0 Å². The Labute approximate surface area is 163 Å². The second kappa shape index (κ2) is 7.64. The lowest BCUT2D eigenvalue weighted by Crippen LogP contribution is -2.44. The highest BCUT2D eigenvalue weighted by Crippen LogP contribution is 2.38. The minimum atomic E-state index is -1.85. The van der Waals surface area contributed by atoms with E-state index in [1.807, 2.05) is 0 Å². The van der Waals surface area contributed by atoms with Crippen LogP contribution in [0.3, 0.4) is 0 Å². The van der Waals surface area contributed by atoms with E-state index in [-0.39, 0.29) is 10.1 Å². The third-order valence-corrected chi connectivity index (χ3v) is 15.1. The van der Waals surface area contributed by atoms with Crippen LogP contribution in [0.2, 0.25) is 36.3 Å². The molecule has 0 radical (unpaired) electrons. The molecule has 0 aromatic heterocycles. The molecule has 1 unspecified atom stereocenters. The van der Waals surface area contributed by atoms with Gasteiger partial charge in [-0.2, -0.15) is 0 Å². The second-order valence-corrected chi connectivity index (χ2v) is 20.4. The van der Waals surface area contributed by atoms with Gasteiger partial charge >= 0.3 is 0 Å². The molecule has 3 N–H and O–H groups in total. The van der Waals surface area contributed by atoms with Crippen LogP contribution in [0.25, 0.3) is 0 Å². The van der Waals surface area contributed by atoms with Gasteiger partial charge in [0.1, 0.15) is 5.72 Å². The quantitative estimate of drug-likeness (QED) is 0.491. The van der Waals surface area contributed by atoms with Crippen LogP contribution in [0, 0.1) is 0 Å². The van der Waals surface area contributed by atoms with Gasteiger partial charge in [-0.15, -0.1) is 0 Å². The zero-order chi connectivity index (χ0) is 20.6. The first-order valence-electron chi connectivity index (χ1n) is 9.57. The molecule has 1 atom stereocenters. The minimum Gasteiger partial charge on any atom is -0.413 e. The maximum absolute atomic E-state index is 10.5. The molecule has 0 spiro atoms. The van der Waals surface area contributed by atoms with Crippen molar-refractivity contribution in [2.75, 3.05) is 13.2 Å². The van der Waals surface area contributed by atoms with Crippen LogP contribution in [-0.2, 0) is 8.85 Å². The van der Waals surface area contributed by atoms with Crippen molar-refractivity contribution in [3.05, 3.63) is 23.3 Å². The van der Waals surface area contributed by atoms with E-state index in [1.54, 1.807) is 6.08 Å². The van der Waals surface area contributed by atoms with Gasteiger partial charge in [0.05, 0.1) is 13.2 Å². The number of aliphatic hydroxyl groups is 1. The van der Waals surface area contributed by atoms with Crippen LogP contribution >= 0.6 is 0 Å². The normalized spacial score (nSPS) is 22.9. The van der Waals surface area contributed by atoms with E-state index in [9.17, 15) is 5.11 Å². The summed E-state index contributed by atoms with van der Waals surface area (Å²) in [6.07, 6.45) is 4.24. The van der Waals surface area contributed by atoms with Crippen molar-refractivity contribution >= 4 is 16.6 Å². The Bertz CT molecular complexity index is 565. The van der Waals surface area contributed by atoms with Crippen molar-refractivity contribution in [3.63, 3.8) is 0 Å². The fourth-order valence-electron chi connectivity index (χ4n) is 2.24. The van der Waals surface area contributed by atoms with Gasteiger partial charge in [-0.25, -0.2) is 0 Å². The van der Waals surface area contributed by atoms with E-state index in [1.165, 1.54) is 0 Å². The SMILES string of the molecule is CC(C)(C)[Si](C)(C)OCC1=CC(N)(O)CC(CO[Si](C)(C)C(C)(C)C)=C1. The topological polar surface area (TPSA) is 64.7 Å². The summed E-state index contributed by atoms with van der Waals surface area (Å²) in [6.45, 7) is 23.3.